The van der Waals surface area contributed by atoms with Gasteiger partial charge in [0.1, 0.15) is 0 Å². The molecular weight excluding hydrogens is 132 g/mol. The summed E-state index contributed by atoms with van der Waals surface area (Å²) in [5, 5.41) is 8.77. The standard InChI is InChI=1S/C7H16O3/c1-6(8)4-10-5-7(2)9-3/h6-8H,4-5H2,1-3H3/t6-,7-/m0/s1. The van der Waals surface area contributed by atoms with Crippen LogP contribution in [0.2, 0.25) is 0 Å². The van der Waals surface area contributed by atoms with E-state index in [0.717, 1.165) is 0 Å². The first-order valence-corrected chi connectivity index (χ1v) is 3.45. The monoisotopic (exact) mass is 148 g/mol. The number of methoxy groups -OCH3 is 1. The largest absolute Gasteiger partial charge is 0.391 e. The fraction of sp³-hybridized carbons (Fsp3) is 1.00. The van der Waals surface area contributed by atoms with Crippen molar-refractivity contribution in [2.75, 3.05) is 20.3 Å². The number of hydrogen-bond acceptors (Lipinski definition) is 3. The molecule has 0 amide bonds. The van der Waals surface area contributed by atoms with Gasteiger partial charge in [-0.15, -0.1) is 0 Å². The molecule has 0 aliphatic carbocycles. The van der Waals surface area contributed by atoms with Crippen LogP contribution in [0.3, 0.4) is 0 Å². The predicted molar refractivity (Wildman–Crippen MR) is 39.0 cm³/mol. The Hall–Kier alpha value is -0.120. The molecule has 2 atom stereocenters. The molecule has 0 radical (unpaired) electrons. The molecule has 0 heterocycles. The van der Waals surface area contributed by atoms with E-state index in [0.29, 0.717) is 13.2 Å². The van der Waals surface area contributed by atoms with Gasteiger partial charge in [-0.05, 0) is 13.8 Å². The van der Waals surface area contributed by atoms with Crippen molar-refractivity contribution in [1.29, 1.82) is 0 Å². The second-order valence-electron chi connectivity index (χ2n) is 2.43. The van der Waals surface area contributed by atoms with Crippen LogP contribution < -0.4 is 0 Å². The van der Waals surface area contributed by atoms with Gasteiger partial charge in [0.15, 0.2) is 0 Å². The van der Waals surface area contributed by atoms with Crippen molar-refractivity contribution in [1.82, 2.24) is 0 Å². The molecule has 62 valence electrons. The van der Waals surface area contributed by atoms with Gasteiger partial charge in [0.2, 0.25) is 0 Å². The number of aliphatic hydroxyl groups is 1. The summed E-state index contributed by atoms with van der Waals surface area (Å²) >= 11 is 0. The van der Waals surface area contributed by atoms with Gasteiger partial charge in [0, 0.05) is 7.11 Å². The molecule has 0 aromatic heterocycles. The maximum atomic E-state index is 8.77. The zero-order chi connectivity index (χ0) is 7.98. The van der Waals surface area contributed by atoms with Crippen molar-refractivity contribution in [3.63, 3.8) is 0 Å². The normalized spacial score (nSPS) is 16.8. The van der Waals surface area contributed by atoms with Crippen molar-refractivity contribution < 1.29 is 14.6 Å². The van der Waals surface area contributed by atoms with Crippen LogP contribution in [0.4, 0.5) is 0 Å². The lowest BCUT2D eigenvalue weighted by Gasteiger charge is -2.10. The quantitative estimate of drug-likeness (QED) is 0.614. The smallest absolute Gasteiger partial charge is 0.0776 e. The van der Waals surface area contributed by atoms with Crippen LogP contribution in [0.25, 0.3) is 0 Å². The minimum absolute atomic E-state index is 0.110. The van der Waals surface area contributed by atoms with Gasteiger partial charge < -0.3 is 14.6 Å². The predicted octanol–water partition coefficient (Wildman–Crippen LogP) is 0.419. The molecular formula is C7H16O3. The molecule has 0 aliphatic heterocycles. The lowest BCUT2D eigenvalue weighted by molar-refractivity contribution is -0.0118. The van der Waals surface area contributed by atoms with Crippen molar-refractivity contribution in [3.8, 4) is 0 Å². The van der Waals surface area contributed by atoms with E-state index in [2.05, 4.69) is 0 Å². The third kappa shape index (κ3) is 6.01. The van der Waals surface area contributed by atoms with Gasteiger partial charge in [-0.1, -0.05) is 0 Å². The third-order valence-electron chi connectivity index (χ3n) is 1.11. The third-order valence-corrected chi connectivity index (χ3v) is 1.11. The highest BCUT2D eigenvalue weighted by Gasteiger charge is 2.00. The molecule has 3 heteroatoms. The molecule has 0 saturated carbocycles. The van der Waals surface area contributed by atoms with Crippen LogP contribution in [-0.2, 0) is 9.47 Å². The van der Waals surface area contributed by atoms with Crippen molar-refractivity contribution >= 4 is 0 Å². The van der Waals surface area contributed by atoms with Crippen LogP contribution >= 0.6 is 0 Å². The Bertz CT molecular complexity index is 73.3. The van der Waals surface area contributed by atoms with E-state index in [1.165, 1.54) is 0 Å². The Labute approximate surface area is 62.0 Å². The van der Waals surface area contributed by atoms with Crippen molar-refractivity contribution in [2.45, 2.75) is 26.1 Å². The summed E-state index contributed by atoms with van der Waals surface area (Å²) < 4.78 is 10.00. The average Bonchev–Trinajstić information content (AvgIpc) is 1.87. The molecule has 0 rings (SSSR count). The Kier molecular flexibility index (Phi) is 5.58. The van der Waals surface area contributed by atoms with Crippen LogP contribution in [0.1, 0.15) is 13.8 Å². The molecule has 0 aliphatic rings. The zero-order valence-corrected chi connectivity index (χ0v) is 6.83. The van der Waals surface area contributed by atoms with Crippen LogP contribution in [0, 0.1) is 0 Å². The highest BCUT2D eigenvalue weighted by atomic mass is 16.5. The summed E-state index contributed by atoms with van der Waals surface area (Å²) in [4.78, 5) is 0. The number of hydrogen-bond donors (Lipinski definition) is 1. The average molecular weight is 148 g/mol. The summed E-state index contributed by atoms with van der Waals surface area (Å²) in [6, 6.07) is 0. The van der Waals surface area contributed by atoms with Gasteiger partial charge in [-0.2, -0.15) is 0 Å². The first kappa shape index (κ1) is 9.88. The summed E-state index contributed by atoms with van der Waals surface area (Å²) in [7, 11) is 1.64. The molecule has 1 N–H and O–H groups in total. The summed E-state index contributed by atoms with van der Waals surface area (Å²) in [6.07, 6.45) is -0.275. The fourth-order valence-electron chi connectivity index (χ4n) is 0.473. The van der Waals surface area contributed by atoms with Gasteiger partial charge in [0.05, 0.1) is 25.4 Å². The molecule has 0 fully saturated rings. The second kappa shape index (κ2) is 5.65. The molecule has 0 aromatic carbocycles. The summed E-state index contributed by atoms with van der Waals surface area (Å²) in [5.41, 5.74) is 0. The molecule has 0 saturated heterocycles. The van der Waals surface area contributed by atoms with E-state index in [1.54, 1.807) is 14.0 Å². The SMILES string of the molecule is CO[C@@H](C)COC[C@H](C)O. The van der Waals surface area contributed by atoms with Gasteiger partial charge in [-0.25, -0.2) is 0 Å². The van der Waals surface area contributed by atoms with E-state index in [1.807, 2.05) is 6.92 Å². The lowest BCUT2D eigenvalue weighted by Crippen LogP contribution is -2.18. The fourth-order valence-corrected chi connectivity index (χ4v) is 0.473. The van der Waals surface area contributed by atoms with E-state index < -0.39 is 0 Å². The number of aliphatic hydroxyl groups excluding tert-OH is 1. The highest BCUT2D eigenvalue weighted by Crippen LogP contribution is 1.90. The van der Waals surface area contributed by atoms with Crippen molar-refractivity contribution in [3.05, 3.63) is 0 Å². The molecule has 0 bridgehead atoms. The molecule has 3 nitrogen and oxygen atoms in total. The van der Waals surface area contributed by atoms with E-state index in [9.17, 15) is 0 Å². The number of ether oxygens (including phenoxy) is 2. The maximum Gasteiger partial charge on any atom is 0.0776 e. The Balaban J connectivity index is 3.03. The van der Waals surface area contributed by atoms with E-state index >= 15 is 0 Å². The first-order valence-electron chi connectivity index (χ1n) is 3.45. The number of rotatable bonds is 5. The lowest BCUT2D eigenvalue weighted by atomic mass is 10.4. The van der Waals surface area contributed by atoms with Gasteiger partial charge in [-0.3, -0.25) is 0 Å². The molecule has 0 spiro atoms. The summed E-state index contributed by atoms with van der Waals surface area (Å²) in [6.45, 7) is 4.54. The van der Waals surface area contributed by atoms with E-state index in [-0.39, 0.29) is 12.2 Å². The zero-order valence-electron chi connectivity index (χ0n) is 6.83. The Morgan fingerprint density at radius 1 is 1.30 bits per heavy atom. The minimum Gasteiger partial charge on any atom is -0.391 e. The minimum atomic E-state index is -0.385. The van der Waals surface area contributed by atoms with Crippen molar-refractivity contribution in [2.24, 2.45) is 0 Å². The Morgan fingerprint density at radius 3 is 2.30 bits per heavy atom. The van der Waals surface area contributed by atoms with Crippen LogP contribution in [0.5, 0.6) is 0 Å². The van der Waals surface area contributed by atoms with Gasteiger partial charge >= 0.3 is 0 Å². The molecule has 0 aromatic rings. The Morgan fingerprint density at radius 2 is 1.90 bits per heavy atom. The second-order valence-corrected chi connectivity index (χ2v) is 2.43. The molecule has 0 unspecified atom stereocenters. The summed E-state index contributed by atoms with van der Waals surface area (Å²) in [5.74, 6) is 0. The highest BCUT2D eigenvalue weighted by molar-refractivity contribution is 4.47. The van der Waals surface area contributed by atoms with Crippen LogP contribution in [0.15, 0.2) is 0 Å². The molecule has 10 heavy (non-hydrogen) atoms. The van der Waals surface area contributed by atoms with Gasteiger partial charge in [0.25, 0.3) is 0 Å². The van der Waals surface area contributed by atoms with E-state index in [4.69, 9.17) is 14.6 Å². The first-order chi connectivity index (χ1) is 4.66. The topological polar surface area (TPSA) is 38.7 Å². The maximum absolute atomic E-state index is 8.77. The van der Waals surface area contributed by atoms with Crippen LogP contribution in [-0.4, -0.2) is 37.6 Å².